The number of nitrogens with zero attached hydrogens (tertiary/aromatic N) is 3. The Hall–Kier alpha value is -0.400. The lowest BCUT2D eigenvalue weighted by atomic mass is 10.9. The van der Waals surface area contributed by atoms with Crippen LogP contribution in [-0.2, 0) is 0 Å². The lowest BCUT2D eigenvalue weighted by Gasteiger charge is -2.03. The first-order chi connectivity index (χ1) is 6.26. The fourth-order valence-corrected chi connectivity index (χ4v) is 1.33. The molecule has 0 aliphatic carbocycles. The highest BCUT2D eigenvalue weighted by molar-refractivity contribution is 8.00. The van der Waals surface area contributed by atoms with Gasteiger partial charge in [-0.3, -0.25) is 9.44 Å². The van der Waals surface area contributed by atoms with E-state index in [0.29, 0.717) is 11.9 Å². The van der Waals surface area contributed by atoms with Gasteiger partial charge in [-0.05, 0) is 11.6 Å². The van der Waals surface area contributed by atoms with Crippen LogP contribution in [0, 0.1) is 0 Å². The van der Waals surface area contributed by atoms with Crippen molar-refractivity contribution in [1.29, 1.82) is 0 Å². The van der Waals surface area contributed by atoms with Crippen molar-refractivity contribution in [2.24, 2.45) is 0 Å². The molecule has 0 spiro atoms. The third kappa shape index (κ3) is 3.45. The molecule has 1 aromatic rings. The predicted molar refractivity (Wildman–Crippen MR) is 59.1 cm³/mol. The normalized spacial score (nSPS) is 9.77. The minimum absolute atomic E-state index is 0.170. The number of hydrogen-bond donors (Lipinski definition) is 2. The molecule has 0 bridgehead atoms. The Morgan fingerprint density at radius 3 is 1.85 bits per heavy atom. The van der Waals surface area contributed by atoms with Crippen LogP contribution in [0.1, 0.15) is 0 Å². The molecule has 0 aliphatic heterocycles. The fraction of sp³-hybridized carbons (Fsp3) is 0.400. The van der Waals surface area contributed by atoms with E-state index >= 15 is 0 Å². The molecule has 0 amide bonds. The quantitative estimate of drug-likeness (QED) is 0.776. The van der Waals surface area contributed by atoms with Gasteiger partial charge >= 0.3 is 0 Å². The smallest absolute Gasteiger partial charge is 0.238 e. The third-order valence-corrected chi connectivity index (χ3v) is 1.94. The zero-order valence-corrected chi connectivity index (χ0v) is 9.43. The van der Waals surface area contributed by atoms with Crippen LogP contribution in [0.4, 0.5) is 11.9 Å². The number of aromatic nitrogens is 3. The van der Waals surface area contributed by atoms with Crippen molar-refractivity contribution in [1.82, 2.24) is 15.0 Å². The SMILES string of the molecule is CSNc1nc(Cl)nc(NSC)n1. The molecule has 5 nitrogen and oxygen atoms in total. The van der Waals surface area contributed by atoms with Crippen LogP contribution in [0.25, 0.3) is 0 Å². The molecule has 1 aromatic heterocycles. The number of anilines is 2. The van der Waals surface area contributed by atoms with E-state index < -0.39 is 0 Å². The Morgan fingerprint density at radius 2 is 1.46 bits per heavy atom. The zero-order valence-electron chi connectivity index (χ0n) is 7.04. The van der Waals surface area contributed by atoms with E-state index in [1.54, 1.807) is 0 Å². The van der Waals surface area contributed by atoms with E-state index in [9.17, 15) is 0 Å². The van der Waals surface area contributed by atoms with Gasteiger partial charge in [-0.1, -0.05) is 23.9 Å². The predicted octanol–water partition coefficient (Wildman–Crippen LogP) is 1.90. The average Bonchev–Trinajstić information content (AvgIpc) is 2.04. The van der Waals surface area contributed by atoms with Crippen LogP contribution in [0.5, 0.6) is 0 Å². The maximum Gasteiger partial charge on any atom is 0.238 e. The molecule has 0 saturated heterocycles. The largest absolute Gasteiger partial charge is 0.298 e. The van der Waals surface area contributed by atoms with Gasteiger partial charge in [0, 0.05) is 12.5 Å². The molecule has 1 heterocycles. The van der Waals surface area contributed by atoms with Crippen molar-refractivity contribution < 1.29 is 0 Å². The van der Waals surface area contributed by atoms with Gasteiger partial charge in [0.05, 0.1) is 0 Å². The van der Waals surface area contributed by atoms with Crippen molar-refractivity contribution in [3.05, 3.63) is 5.28 Å². The Kier molecular flexibility index (Phi) is 4.40. The summed E-state index contributed by atoms with van der Waals surface area (Å²) in [4.78, 5) is 11.8. The second-order valence-corrected chi connectivity index (χ2v) is 3.43. The minimum Gasteiger partial charge on any atom is -0.298 e. The molecule has 0 unspecified atom stereocenters. The second kappa shape index (κ2) is 5.36. The molecule has 0 atom stereocenters. The molecule has 13 heavy (non-hydrogen) atoms. The summed E-state index contributed by atoms with van der Waals surface area (Å²) in [6.07, 6.45) is 3.75. The molecular formula is C5H8ClN5S2. The van der Waals surface area contributed by atoms with Crippen LogP contribution in [0.2, 0.25) is 5.28 Å². The summed E-state index contributed by atoms with van der Waals surface area (Å²) >= 11 is 8.45. The van der Waals surface area contributed by atoms with E-state index in [1.807, 2.05) is 12.5 Å². The molecule has 72 valence electrons. The standard InChI is InChI=1S/C5H8ClN5S2/c1-12-10-4-7-3(6)8-5(9-4)11-13-2/h1-2H3,(H2,7,8,9,10,11). The van der Waals surface area contributed by atoms with Gasteiger partial charge in [-0.15, -0.1) is 0 Å². The Balaban J connectivity index is 2.83. The monoisotopic (exact) mass is 237 g/mol. The minimum atomic E-state index is 0.170. The third-order valence-electron chi connectivity index (χ3n) is 0.995. The van der Waals surface area contributed by atoms with Crippen LogP contribution in [0.15, 0.2) is 0 Å². The van der Waals surface area contributed by atoms with Crippen molar-refractivity contribution in [2.45, 2.75) is 0 Å². The summed E-state index contributed by atoms with van der Waals surface area (Å²) in [6.45, 7) is 0. The first-order valence-electron chi connectivity index (χ1n) is 3.26. The maximum absolute atomic E-state index is 5.66. The Labute approximate surface area is 89.7 Å². The van der Waals surface area contributed by atoms with E-state index in [2.05, 4.69) is 24.4 Å². The highest BCUT2D eigenvalue weighted by atomic mass is 35.5. The molecule has 8 heteroatoms. The summed E-state index contributed by atoms with van der Waals surface area (Å²) < 4.78 is 5.74. The molecular weight excluding hydrogens is 230 g/mol. The van der Waals surface area contributed by atoms with Crippen LogP contribution in [0.3, 0.4) is 0 Å². The molecule has 0 aromatic carbocycles. The van der Waals surface area contributed by atoms with Gasteiger partial charge in [0.25, 0.3) is 0 Å². The van der Waals surface area contributed by atoms with Gasteiger partial charge in [0.2, 0.25) is 17.2 Å². The number of rotatable bonds is 4. The molecule has 0 saturated carbocycles. The summed E-state index contributed by atoms with van der Waals surface area (Å²) in [5.74, 6) is 0.896. The van der Waals surface area contributed by atoms with Crippen molar-refractivity contribution >= 4 is 47.4 Å². The second-order valence-electron chi connectivity index (χ2n) is 1.86. The number of nitrogens with one attached hydrogen (secondary N) is 2. The van der Waals surface area contributed by atoms with E-state index in [4.69, 9.17) is 11.6 Å². The summed E-state index contributed by atoms with van der Waals surface area (Å²) in [5.41, 5.74) is 0. The van der Waals surface area contributed by atoms with Crippen LogP contribution >= 0.6 is 35.5 Å². The summed E-state index contributed by atoms with van der Waals surface area (Å²) in [5, 5.41) is 0.170. The van der Waals surface area contributed by atoms with Gasteiger partial charge in [-0.2, -0.15) is 15.0 Å². The molecule has 0 radical (unpaired) electrons. The first-order valence-corrected chi connectivity index (χ1v) is 6.08. The summed E-state index contributed by atoms with van der Waals surface area (Å²) in [6, 6.07) is 0. The average molecular weight is 238 g/mol. The van der Waals surface area contributed by atoms with Crippen molar-refractivity contribution in [3.8, 4) is 0 Å². The Morgan fingerprint density at radius 1 is 1.00 bits per heavy atom. The van der Waals surface area contributed by atoms with E-state index in [-0.39, 0.29) is 5.28 Å². The van der Waals surface area contributed by atoms with Gasteiger partial charge in [-0.25, -0.2) is 0 Å². The molecule has 1 rings (SSSR count). The summed E-state index contributed by atoms with van der Waals surface area (Å²) in [7, 11) is 0. The fourth-order valence-electron chi connectivity index (χ4n) is 0.624. The Bertz CT molecular complexity index is 259. The van der Waals surface area contributed by atoms with Crippen LogP contribution < -0.4 is 9.44 Å². The zero-order chi connectivity index (χ0) is 9.68. The lowest BCUT2D eigenvalue weighted by molar-refractivity contribution is 1.08. The highest BCUT2D eigenvalue weighted by Gasteiger charge is 2.02. The number of hydrogen-bond acceptors (Lipinski definition) is 7. The number of halogens is 1. The van der Waals surface area contributed by atoms with Gasteiger partial charge < -0.3 is 0 Å². The first kappa shape index (κ1) is 10.7. The van der Waals surface area contributed by atoms with Gasteiger partial charge in [0.1, 0.15) is 0 Å². The maximum atomic E-state index is 5.66. The molecule has 0 aliphatic rings. The molecule has 2 N–H and O–H groups in total. The van der Waals surface area contributed by atoms with Gasteiger partial charge in [0.15, 0.2) is 0 Å². The topological polar surface area (TPSA) is 62.7 Å². The lowest BCUT2D eigenvalue weighted by Crippen LogP contribution is -2.00. The van der Waals surface area contributed by atoms with Crippen molar-refractivity contribution in [2.75, 3.05) is 22.0 Å². The molecule has 0 fully saturated rings. The van der Waals surface area contributed by atoms with E-state index in [1.165, 1.54) is 23.9 Å². The van der Waals surface area contributed by atoms with Crippen molar-refractivity contribution in [3.63, 3.8) is 0 Å². The van der Waals surface area contributed by atoms with Crippen LogP contribution in [-0.4, -0.2) is 27.5 Å². The highest BCUT2D eigenvalue weighted by Crippen LogP contribution is 2.13. The van der Waals surface area contributed by atoms with E-state index in [0.717, 1.165) is 0 Å².